The van der Waals surface area contributed by atoms with Crippen molar-refractivity contribution in [1.82, 2.24) is 14.7 Å². The number of nitrogens with zero attached hydrogens (tertiary/aromatic N) is 3. The Bertz CT molecular complexity index is 376. The molecule has 2 N–H and O–H groups in total. The van der Waals surface area contributed by atoms with Crippen LogP contribution < -0.4 is 5.73 Å². The molecule has 0 unspecified atom stereocenters. The molecule has 0 aliphatic carbocycles. The first-order valence-electron chi connectivity index (χ1n) is 7.34. The highest BCUT2D eigenvalue weighted by atomic mass is 79.9. The van der Waals surface area contributed by atoms with E-state index in [0.29, 0.717) is 6.54 Å². The Hall–Kier alpha value is -0.390. The number of aromatic nitrogens is 2. The monoisotopic (exact) mass is 330 g/mol. The van der Waals surface area contributed by atoms with Crippen LogP contribution in [0.5, 0.6) is 0 Å². The molecular formula is C14H27BrN4. The van der Waals surface area contributed by atoms with Crippen LogP contribution in [0, 0.1) is 0 Å². The largest absolute Gasteiger partial charge is 0.329 e. The van der Waals surface area contributed by atoms with E-state index in [4.69, 9.17) is 5.73 Å². The topological polar surface area (TPSA) is 47.1 Å². The van der Waals surface area contributed by atoms with Crippen LogP contribution in [0.15, 0.2) is 4.47 Å². The number of unbranched alkanes of at least 4 members (excludes halogenated alkanes) is 1. The zero-order chi connectivity index (χ0) is 14.3. The molecule has 5 heteroatoms. The summed E-state index contributed by atoms with van der Waals surface area (Å²) in [5.41, 5.74) is 8.15. The molecular weight excluding hydrogens is 304 g/mol. The van der Waals surface area contributed by atoms with Crippen molar-refractivity contribution >= 4 is 15.9 Å². The van der Waals surface area contributed by atoms with Crippen molar-refractivity contribution in [3.05, 3.63) is 15.9 Å². The molecule has 0 saturated heterocycles. The maximum atomic E-state index is 5.72. The van der Waals surface area contributed by atoms with Crippen LogP contribution in [0.2, 0.25) is 0 Å². The Balaban J connectivity index is 2.84. The first-order chi connectivity index (χ1) is 9.17. The molecule has 1 aromatic heterocycles. The summed E-state index contributed by atoms with van der Waals surface area (Å²) < 4.78 is 3.29. The minimum Gasteiger partial charge on any atom is -0.329 e. The van der Waals surface area contributed by atoms with Crippen molar-refractivity contribution < 1.29 is 0 Å². The molecule has 0 fully saturated rings. The predicted octanol–water partition coefficient (Wildman–Crippen LogP) is 2.79. The van der Waals surface area contributed by atoms with Crippen LogP contribution in [0.4, 0.5) is 0 Å². The third-order valence-corrected chi connectivity index (χ3v) is 4.26. The van der Waals surface area contributed by atoms with Gasteiger partial charge in [0.2, 0.25) is 0 Å². The van der Waals surface area contributed by atoms with E-state index in [1.807, 2.05) is 0 Å². The van der Waals surface area contributed by atoms with Gasteiger partial charge in [-0.2, -0.15) is 5.10 Å². The number of halogens is 1. The van der Waals surface area contributed by atoms with Crippen LogP contribution in [0.1, 0.15) is 45.0 Å². The van der Waals surface area contributed by atoms with Gasteiger partial charge in [0.15, 0.2) is 0 Å². The van der Waals surface area contributed by atoms with E-state index in [2.05, 4.69) is 51.4 Å². The molecule has 0 aliphatic heterocycles. The normalized spacial score (nSPS) is 11.5. The summed E-state index contributed by atoms with van der Waals surface area (Å²) in [6.07, 6.45) is 3.40. The Kier molecular flexibility index (Phi) is 7.64. The zero-order valence-electron chi connectivity index (χ0n) is 12.5. The highest BCUT2D eigenvalue weighted by molar-refractivity contribution is 9.10. The summed E-state index contributed by atoms with van der Waals surface area (Å²) >= 11 is 3.71. The number of rotatable bonds is 9. The summed E-state index contributed by atoms with van der Waals surface area (Å²) in [5.74, 6) is 0. The van der Waals surface area contributed by atoms with Gasteiger partial charge in [-0.05, 0) is 42.2 Å². The molecule has 0 atom stereocenters. The minimum atomic E-state index is 0.711. The number of hydrogen-bond donors (Lipinski definition) is 1. The Morgan fingerprint density at radius 1 is 1.26 bits per heavy atom. The van der Waals surface area contributed by atoms with Crippen molar-refractivity contribution in [2.45, 2.75) is 53.1 Å². The fourth-order valence-electron chi connectivity index (χ4n) is 2.21. The molecule has 4 nitrogen and oxygen atoms in total. The van der Waals surface area contributed by atoms with Crippen LogP contribution in [0.3, 0.4) is 0 Å². The maximum absolute atomic E-state index is 5.72. The van der Waals surface area contributed by atoms with Gasteiger partial charge in [0.05, 0.1) is 15.9 Å². The number of aryl methyl sites for hydroxylation is 2. The second-order valence-electron chi connectivity index (χ2n) is 4.80. The van der Waals surface area contributed by atoms with Gasteiger partial charge in [0, 0.05) is 26.2 Å². The molecule has 0 radical (unpaired) electrons. The second-order valence-corrected chi connectivity index (χ2v) is 5.59. The van der Waals surface area contributed by atoms with Gasteiger partial charge < -0.3 is 5.73 Å². The lowest BCUT2D eigenvalue weighted by molar-refractivity contribution is 0.260. The van der Waals surface area contributed by atoms with Crippen LogP contribution >= 0.6 is 15.9 Å². The van der Waals surface area contributed by atoms with Crippen molar-refractivity contribution in [2.75, 3.05) is 19.6 Å². The summed E-state index contributed by atoms with van der Waals surface area (Å²) in [6, 6.07) is 0. The number of hydrogen-bond acceptors (Lipinski definition) is 3. The Morgan fingerprint density at radius 2 is 2.00 bits per heavy atom. The molecule has 0 aromatic carbocycles. The lowest BCUT2D eigenvalue weighted by Gasteiger charge is -2.22. The maximum Gasteiger partial charge on any atom is 0.0767 e. The predicted molar refractivity (Wildman–Crippen MR) is 84.2 cm³/mol. The SMILES string of the molecule is CCCCN(CCN)Cc1c(Br)c(CC)nn1CC. The highest BCUT2D eigenvalue weighted by Gasteiger charge is 2.16. The van der Waals surface area contributed by atoms with Gasteiger partial charge in [-0.1, -0.05) is 20.3 Å². The van der Waals surface area contributed by atoms with E-state index in [-0.39, 0.29) is 0 Å². The van der Waals surface area contributed by atoms with Crippen molar-refractivity contribution in [1.29, 1.82) is 0 Å². The molecule has 1 aromatic rings. The van der Waals surface area contributed by atoms with Gasteiger partial charge >= 0.3 is 0 Å². The van der Waals surface area contributed by atoms with Crippen molar-refractivity contribution in [3.63, 3.8) is 0 Å². The molecule has 110 valence electrons. The third kappa shape index (κ3) is 4.58. The number of nitrogens with two attached hydrogens (primary N) is 1. The first-order valence-corrected chi connectivity index (χ1v) is 8.13. The second kappa shape index (κ2) is 8.72. The first kappa shape index (κ1) is 16.7. The van der Waals surface area contributed by atoms with Crippen molar-refractivity contribution in [3.8, 4) is 0 Å². The van der Waals surface area contributed by atoms with Gasteiger partial charge in [-0.25, -0.2) is 0 Å². The lowest BCUT2D eigenvalue weighted by atomic mass is 10.2. The van der Waals surface area contributed by atoms with Gasteiger partial charge in [-0.3, -0.25) is 9.58 Å². The van der Waals surface area contributed by atoms with Gasteiger partial charge in [-0.15, -0.1) is 0 Å². The quantitative estimate of drug-likeness (QED) is 0.757. The Morgan fingerprint density at radius 3 is 2.53 bits per heavy atom. The fourth-order valence-corrected chi connectivity index (χ4v) is 2.90. The molecule has 1 rings (SSSR count). The molecule has 19 heavy (non-hydrogen) atoms. The summed E-state index contributed by atoms with van der Waals surface area (Å²) in [7, 11) is 0. The Labute approximate surface area is 125 Å². The molecule has 0 amide bonds. The molecule has 1 heterocycles. The summed E-state index contributed by atoms with van der Waals surface area (Å²) in [4.78, 5) is 2.43. The van der Waals surface area contributed by atoms with E-state index in [1.54, 1.807) is 0 Å². The van der Waals surface area contributed by atoms with Gasteiger partial charge in [0.25, 0.3) is 0 Å². The van der Waals surface area contributed by atoms with Crippen LogP contribution in [-0.2, 0) is 19.5 Å². The highest BCUT2D eigenvalue weighted by Crippen LogP contribution is 2.23. The molecule has 0 saturated carbocycles. The van der Waals surface area contributed by atoms with E-state index >= 15 is 0 Å². The zero-order valence-corrected chi connectivity index (χ0v) is 14.0. The third-order valence-electron chi connectivity index (χ3n) is 3.34. The van der Waals surface area contributed by atoms with Crippen LogP contribution in [-0.4, -0.2) is 34.3 Å². The smallest absolute Gasteiger partial charge is 0.0767 e. The summed E-state index contributed by atoms with van der Waals surface area (Å²) in [6.45, 7) is 11.1. The molecule has 0 aliphatic rings. The molecule has 0 bridgehead atoms. The molecule has 0 spiro atoms. The lowest BCUT2D eigenvalue weighted by Crippen LogP contribution is -2.31. The minimum absolute atomic E-state index is 0.711. The standard InChI is InChI=1S/C14H27BrN4/c1-4-7-9-18(10-8-16)11-13-14(15)12(5-2)17-19(13)6-3/h4-11,16H2,1-3H3. The fraction of sp³-hybridized carbons (Fsp3) is 0.786. The average Bonchev–Trinajstić information content (AvgIpc) is 2.72. The van der Waals surface area contributed by atoms with Crippen LogP contribution in [0.25, 0.3) is 0 Å². The van der Waals surface area contributed by atoms with E-state index in [0.717, 1.165) is 38.3 Å². The van der Waals surface area contributed by atoms with Gasteiger partial charge in [0.1, 0.15) is 0 Å². The van der Waals surface area contributed by atoms with E-state index in [9.17, 15) is 0 Å². The summed E-state index contributed by atoms with van der Waals surface area (Å²) in [5, 5.41) is 4.65. The van der Waals surface area contributed by atoms with Crippen molar-refractivity contribution in [2.24, 2.45) is 5.73 Å². The van der Waals surface area contributed by atoms with E-state index in [1.165, 1.54) is 23.0 Å². The van der Waals surface area contributed by atoms with E-state index < -0.39 is 0 Å². The average molecular weight is 331 g/mol.